The van der Waals surface area contributed by atoms with Crippen molar-refractivity contribution >= 4 is 17.6 Å². The highest BCUT2D eigenvalue weighted by atomic mass is 35.5. The highest BCUT2D eigenvalue weighted by Crippen LogP contribution is 2.08. The Morgan fingerprint density at radius 3 is 2.62 bits per heavy atom. The molecule has 0 fully saturated rings. The zero-order valence-corrected chi connectivity index (χ0v) is 9.94. The molecule has 0 aromatic heterocycles. The number of carbonyl (C=O) groups excluding carboxylic acids is 1. The molecule has 0 aliphatic rings. The van der Waals surface area contributed by atoms with Crippen LogP contribution in [0.2, 0.25) is 0 Å². The van der Waals surface area contributed by atoms with Crippen molar-refractivity contribution in [2.75, 3.05) is 13.0 Å². The molecule has 0 bridgehead atoms. The van der Waals surface area contributed by atoms with Gasteiger partial charge in [0, 0.05) is 5.88 Å². The van der Waals surface area contributed by atoms with Crippen molar-refractivity contribution in [3.63, 3.8) is 0 Å². The molecular formula is C12H15ClO3. The summed E-state index contributed by atoms with van der Waals surface area (Å²) in [4.78, 5) is 11.0. The molecule has 1 rings (SSSR count). The lowest BCUT2D eigenvalue weighted by atomic mass is 10.2. The van der Waals surface area contributed by atoms with E-state index in [4.69, 9.17) is 16.3 Å². The number of hydrogen-bond donors (Lipinski definition) is 0. The Labute approximate surface area is 100 Å². The van der Waals surface area contributed by atoms with Crippen molar-refractivity contribution in [1.82, 2.24) is 0 Å². The standard InChI is InChI=1S/C12H15ClO3/c1-15-12(14)7-11(8-13)16-9-10-5-3-2-4-6-10/h2-6,11H,7-9H2,1H3/t11-/m1/s1. The van der Waals surface area contributed by atoms with E-state index in [0.717, 1.165) is 5.56 Å². The monoisotopic (exact) mass is 242 g/mol. The average molecular weight is 243 g/mol. The smallest absolute Gasteiger partial charge is 0.308 e. The number of methoxy groups -OCH3 is 1. The maximum absolute atomic E-state index is 11.0. The minimum atomic E-state index is -0.307. The van der Waals surface area contributed by atoms with Crippen LogP contribution >= 0.6 is 11.6 Å². The molecular weight excluding hydrogens is 228 g/mol. The summed E-state index contributed by atoms with van der Waals surface area (Å²) in [6.07, 6.45) is -0.110. The van der Waals surface area contributed by atoms with Gasteiger partial charge >= 0.3 is 5.97 Å². The van der Waals surface area contributed by atoms with E-state index in [0.29, 0.717) is 6.61 Å². The first-order valence-corrected chi connectivity index (χ1v) is 5.58. The number of carbonyl (C=O) groups is 1. The number of rotatable bonds is 6. The summed E-state index contributed by atoms with van der Waals surface area (Å²) < 4.78 is 10.1. The third-order valence-corrected chi connectivity index (χ3v) is 2.47. The second-order valence-corrected chi connectivity index (χ2v) is 3.66. The fourth-order valence-electron chi connectivity index (χ4n) is 1.22. The Kier molecular flexibility index (Phi) is 5.90. The molecule has 0 aliphatic heterocycles. The summed E-state index contributed by atoms with van der Waals surface area (Å²) in [5, 5.41) is 0. The van der Waals surface area contributed by atoms with Gasteiger partial charge in [-0.25, -0.2) is 0 Å². The van der Waals surface area contributed by atoms with E-state index < -0.39 is 0 Å². The third-order valence-electron chi connectivity index (χ3n) is 2.12. The number of esters is 1. The lowest BCUT2D eigenvalue weighted by Gasteiger charge is -2.13. The zero-order chi connectivity index (χ0) is 11.8. The van der Waals surface area contributed by atoms with E-state index in [-0.39, 0.29) is 24.4 Å². The molecule has 0 aliphatic carbocycles. The fourth-order valence-corrected chi connectivity index (χ4v) is 1.41. The Morgan fingerprint density at radius 1 is 1.38 bits per heavy atom. The van der Waals surface area contributed by atoms with Crippen molar-refractivity contribution in [2.45, 2.75) is 19.1 Å². The highest BCUT2D eigenvalue weighted by Gasteiger charge is 2.13. The van der Waals surface area contributed by atoms with Gasteiger partial charge in [-0.1, -0.05) is 30.3 Å². The largest absolute Gasteiger partial charge is 0.469 e. The minimum Gasteiger partial charge on any atom is -0.469 e. The van der Waals surface area contributed by atoms with Gasteiger partial charge in [-0.2, -0.15) is 0 Å². The van der Waals surface area contributed by atoms with Crippen molar-refractivity contribution in [3.8, 4) is 0 Å². The van der Waals surface area contributed by atoms with Gasteiger partial charge in [-0.05, 0) is 5.56 Å². The van der Waals surface area contributed by atoms with E-state index in [1.54, 1.807) is 0 Å². The third kappa shape index (κ3) is 4.64. The molecule has 0 N–H and O–H groups in total. The summed E-state index contributed by atoms with van der Waals surface area (Å²) >= 11 is 5.70. The number of benzene rings is 1. The van der Waals surface area contributed by atoms with Gasteiger partial charge < -0.3 is 9.47 Å². The molecule has 1 aromatic carbocycles. The maximum atomic E-state index is 11.0. The molecule has 0 saturated carbocycles. The lowest BCUT2D eigenvalue weighted by molar-refractivity contribution is -0.143. The highest BCUT2D eigenvalue weighted by molar-refractivity contribution is 6.18. The van der Waals surface area contributed by atoms with E-state index in [9.17, 15) is 4.79 Å². The molecule has 0 saturated heterocycles. The van der Waals surface area contributed by atoms with Crippen LogP contribution in [0.1, 0.15) is 12.0 Å². The first-order valence-electron chi connectivity index (χ1n) is 5.04. The van der Waals surface area contributed by atoms with Crippen LogP contribution in [-0.4, -0.2) is 25.1 Å². The molecule has 3 nitrogen and oxygen atoms in total. The SMILES string of the molecule is COC(=O)C[C@H](CCl)OCc1ccccc1. The Hall–Kier alpha value is -1.06. The van der Waals surface area contributed by atoms with Gasteiger partial charge in [-0.3, -0.25) is 4.79 Å². The minimum absolute atomic E-state index is 0.187. The number of hydrogen-bond acceptors (Lipinski definition) is 3. The van der Waals surface area contributed by atoms with Crippen LogP contribution in [0.3, 0.4) is 0 Å². The predicted molar refractivity (Wildman–Crippen MR) is 62.4 cm³/mol. The summed E-state index contributed by atoms with van der Waals surface area (Å²) in [6.45, 7) is 0.454. The lowest BCUT2D eigenvalue weighted by Crippen LogP contribution is -2.20. The molecule has 0 radical (unpaired) electrons. The van der Waals surface area contributed by atoms with Crippen LogP contribution in [0, 0.1) is 0 Å². The van der Waals surface area contributed by atoms with E-state index in [2.05, 4.69) is 4.74 Å². The van der Waals surface area contributed by atoms with Gasteiger partial charge in [-0.15, -0.1) is 11.6 Å². The maximum Gasteiger partial charge on any atom is 0.308 e. The molecule has 0 amide bonds. The van der Waals surface area contributed by atoms with E-state index in [1.807, 2.05) is 30.3 Å². The number of ether oxygens (including phenoxy) is 2. The van der Waals surface area contributed by atoms with Gasteiger partial charge in [0.25, 0.3) is 0 Å². The topological polar surface area (TPSA) is 35.5 Å². The van der Waals surface area contributed by atoms with Crippen LogP contribution < -0.4 is 0 Å². The Balaban J connectivity index is 2.37. The van der Waals surface area contributed by atoms with Crippen LogP contribution in [-0.2, 0) is 20.9 Å². The van der Waals surface area contributed by atoms with Crippen molar-refractivity contribution < 1.29 is 14.3 Å². The molecule has 88 valence electrons. The van der Waals surface area contributed by atoms with Gasteiger partial charge in [0.2, 0.25) is 0 Å². The second kappa shape index (κ2) is 7.25. The van der Waals surface area contributed by atoms with Crippen LogP contribution in [0.15, 0.2) is 30.3 Å². The first kappa shape index (κ1) is 13.0. The molecule has 0 spiro atoms. The second-order valence-electron chi connectivity index (χ2n) is 3.35. The predicted octanol–water partition coefficient (Wildman–Crippen LogP) is 2.37. The molecule has 0 unspecified atom stereocenters. The van der Waals surface area contributed by atoms with Gasteiger partial charge in [0.15, 0.2) is 0 Å². The van der Waals surface area contributed by atoms with Crippen molar-refractivity contribution in [2.24, 2.45) is 0 Å². The quantitative estimate of drug-likeness (QED) is 0.568. The van der Waals surface area contributed by atoms with E-state index in [1.165, 1.54) is 7.11 Å². The molecule has 1 atom stereocenters. The summed E-state index contributed by atoms with van der Waals surface area (Å²) in [6, 6.07) is 9.74. The molecule has 4 heteroatoms. The summed E-state index contributed by atoms with van der Waals surface area (Å²) in [5.74, 6) is -0.0271. The normalized spacial score (nSPS) is 12.1. The summed E-state index contributed by atoms with van der Waals surface area (Å²) in [7, 11) is 1.35. The summed E-state index contributed by atoms with van der Waals surface area (Å²) in [5.41, 5.74) is 1.06. The molecule has 0 heterocycles. The number of alkyl halides is 1. The number of halogens is 1. The van der Waals surface area contributed by atoms with Crippen LogP contribution in [0.5, 0.6) is 0 Å². The first-order chi connectivity index (χ1) is 7.76. The molecule has 1 aromatic rings. The zero-order valence-electron chi connectivity index (χ0n) is 9.19. The average Bonchev–Trinajstić information content (AvgIpc) is 2.35. The fraction of sp³-hybridized carbons (Fsp3) is 0.417. The van der Waals surface area contributed by atoms with E-state index >= 15 is 0 Å². The van der Waals surface area contributed by atoms with Crippen LogP contribution in [0.25, 0.3) is 0 Å². The van der Waals surface area contributed by atoms with Gasteiger partial charge in [0.05, 0.1) is 26.2 Å². The Bertz CT molecular complexity index is 313. The molecule has 16 heavy (non-hydrogen) atoms. The van der Waals surface area contributed by atoms with Crippen molar-refractivity contribution in [3.05, 3.63) is 35.9 Å². The van der Waals surface area contributed by atoms with Crippen molar-refractivity contribution in [1.29, 1.82) is 0 Å². The van der Waals surface area contributed by atoms with Crippen LogP contribution in [0.4, 0.5) is 0 Å². The Morgan fingerprint density at radius 2 is 2.06 bits per heavy atom. The van der Waals surface area contributed by atoms with Gasteiger partial charge in [0.1, 0.15) is 0 Å².